The van der Waals surface area contributed by atoms with Crippen molar-refractivity contribution in [1.29, 1.82) is 0 Å². The van der Waals surface area contributed by atoms with Crippen LogP contribution in [-0.4, -0.2) is 60.9 Å². The zero-order valence-electron chi connectivity index (χ0n) is 19.4. The zero-order valence-corrected chi connectivity index (χ0v) is 21.1. The Balaban J connectivity index is 1.83. The number of hydrogen-bond acceptors (Lipinski definition) is 7. The highest BCUT2D eigenvalue weighted by atomic mass is 32.2. The minimum absolute atomic E-state index is 0.110. The van der Waals surface area contributed by atoms with Gasteiger partial charge in [0, 0.05) is 18.8 Å². The highest BCUT2D eigenvalue weighted by Gasteiger charge is 2.61. The zero-order chi connectivity index (χ0) is 27.2. The van der Waals surface area contributed by atoms with E-state index in [1.807, 2.05) is 0 Å². The fraction of sp³-hybridized carbons (Fsp3) is 0.478. The van der Waals surface area contributed by atoms with Gasteiger partial charge in [-0.1, -0.05) is 0 Å². The van der Waals surface area contributed by atoms with Crippen molar-refractivity contribution in [3.8, 4) is 11.5 Å². The van der Waals surface area contributed by atoms with Gasteiger partial charge < -0.3 is 14.2 Å². The fourth-order valence-corrected chi connectivity index (χ4v) is 7.94. The summed E-state index contributed by atoms with van der Waals surface area (Å²) in [5.41, 5.74) is -0.520. The van der Waals surface area contributed by atoms with Crippen molar-refractivity contribution >= 4 is 19.7 Å². The van der Waals surface area contributed by atoms with Gasteiger partial charge in [-0.15, -0.1) is 0 Å². The summed E-state index contributed by atoms with van der Waals surface area (Å²) >= 11 is 0. The summed E-state index contributed by atoms with van der Waals surface area (Å²) in [6.07, 6.45) is -4.99. The fourth-order valence-electron chi connectivity index (χ4n) is 4.93. The van der Waals surface area contributed by atoms with Crippen molar-refractivity contribution in [3.05, 3.63) is 53.6 Å². The Kier molecular flexibility index (Phi) is 7.23. The molecule has 2 aliphatic rings. The van der Waals surface area contributed by atoms with Gasteiger partial charge in [-0.3, -0.25) is 0 Å². The summed E-state index contributed by atoms with van der Waals surface area (Å²) in [6.45, 7) is -2.18. The van der Waals surface area contributed by atoms with E-state index in [4.69, 9.17) is 9.47 Å². The Morgan fingerprint density at radius 1 is 1.03 bits per heavy atom. The minimum atomic E-state index is -4.60. The Morgan fingerprint density at radius 2 is 1.68 bits per heavy atom. The average Bonchev–Trinajstić information content (AvgIpc) is 2.82. The van der Waals surface area contributed by atoms with Gasteiger partial charge in [0.25, 0.3) is 0 Å². The molecule has 1 fully saturated rings. The quantitative estimate of drug-likeness (QED) is 0.468. The van der Waals surface area contributed by atoms with Gasteiger partial charge >= 0.3 is 6.18 Å². The first-order valence-electron chi connectivity index (χ1n) is 11.1. The molecule has 0 radical (unpaired) electrons. The van der Waals surface area contributed by atoms with Crippen molar-refractivity contribution < 1.29 is 53.0 Å². The lowest BCUT2D eigenvalue weighted by Crippen LogP contribution is -2.57. The van der Waals surface area contributed by atoms with Gasteiger partial charge in [0.1, 0.15) is 26.2 Å². The number of sulfone groups is 2. The van der Waals surface area contributed by atoms with Crippen molar-refractivity contribution in [2.45, 2.75) is 34.8 Å². The smallest absolute Gasteiger partial charge is 0.422 e. The number of benzene rings is 2. The number of ether oxygens (including phenoxy) is 3. The molecule has 1 saturated heterocycles. The lowest BCUT2D eigenvalue weighted by molar-refractivity contribution is -0.153. The molecule has 0 aliphatic carbocycles. The molecule has 204 valence electrons. The van der Waals surface area contributed by atoms with E-state index in [0.717, 1.165) is 42.7 Å². The minimum Gasteiger partial charge on any atom is -0.490 e. The van der Waals surface area contributed by atoms with Crippen LogP contribution in [0.25, 0.3) is 0 Å². The molecule has 3 atom stereocenters. The normalized spacial score (nSPS) is 24.1. The Bertz CT molecular complexity index is 1380. The molecular formula is C23H23F5O7S2. The predicted molar refractivity (Wildman–Crippen MR) is 121 cm³/mol. The summed E-state index contributed by atoms with van der Waals surface area (Å²) in [5.74, 6) is -4.26. The molecule has 7 nitrogen and oxygen atoms in total. The van der Waals surface area contributed by atoms with Crippen LogP contribution < -0.4 is 9.47 Å². The van der Waals surface area contributed by atoms with Gasteiger partial charge in [0.2, 0.25) is 0 Å². The first-order valence-corrected chi connectivity index (χ1v) is 14.6. The maximum atomic E-state index is 15.3. The number of rotatable bonds is 7. The lowest BCUT2D eigenvalue weighted by Gasteiger charge is -2.50. The number of hydrogen-bond donors (Lipinski definition) is 0. The number of fused-ring (bicyclic) bond motifs is 3. The van der Waals surface area contributed by atoms with E-state index in [9.17, 15) is 34.4 Å². The summed E-state index contributed by atoms with van der Waals surface area (Å²) < 4.78 is 133. The molecule has 2 heterocycles. The van der Waals surface area contributed by atoms with Crippen molar-refractivity contribution in [2.75, 3.05) is 31.8 Å². The van der Waals surface area contributed by atoms with Crippen LogP contribution >= 0.6 is 0 Å². The maximum Gasteiger partial charge on any atom is 0.422 e. The highest BCUT2D eigenvalue weighted by Crippen LogP contribution is 2.56. The molecule has 0 bridgehead atoms. The van der Waals surface area contributed by atoms with Crippen LogP contribution in [0.2, 0.25) is 0 Å². The molecule has 2 aromatic rings. The second kappa shape index (κ2) is 9.70. The van der Waals surface area contributed by atoms with Crippen LogP contribution in [0, 0.1) is 17.6 Å². The van der Waals surface area contributed by atoms with E-state index in [-0.39, 0.29) is 35.8 Å². The van der Waals surface area contributed by atoms with E-state index in [1.165, 1.54) is 0 Å². The Hall–Kier alpha value is -2.45. The summed E-state index contributed by atoms with van der Waals surface area (Å²) in [5, 5.41) is 0. The summed E-state index contributed by atoms with van der Waals surface area (Å²) in [4.78, 5) is -0.364. The van der Waals surface area contributed by atoms with E-state index in [2.05, 4.69) is 4.74 Å². The lowest BCUT2D eigenvalue weighted by atomic mass is 9.75. The number of halogens is 5. The predicted octanol–water partition coefficient (Wildman–Crippen LogP) is 3.81. The third-order valence-corrected chi connectivity index (χ3v) is 10.1. The molecule has 0 aromatic heterocycles. The largest absolute Gasteiger partial charge is 0.490 e. The molecule has 4 rings (SSSR count). The van der Waals surface area contributed by atoms with Gasteiger partial charge in [0.15, 0.2) is 28.0 Å². The van der Waals surface area contributed by atoms with Gasteiger partial charge in [-0.25, -0.2) is 25.6 Å². The third-order valence-electron chi connectivity index (χ3n) is 6.53. The van der Waals surface area contributed by atoms with Crippen LogP contribution in [-0.2, 0) is 29.2 Å². The van der Waals surface area contributed by atoms with Gasteiger partial charge in [0.05, 0.1) is 28.9 Å². The van der Waals surface area contributed by atoms with E-state index < -0.39 is 78.8 Å². The van der Waals surface area contributed by atoms with Crippen LogP contribution in [0.15, 0.2) is 41.3 Å². The molecule has 0 amide bonds. The second-order valence-corrected chi connectivity index (χ2v) is 13.5. The third kappa shape index (κ3) is 5.28. The maximum absolute atomic E-state index is 15.3. The topological polar surface area (TPSA) is 96.0 Å². The van der Waals surface area contributed by atoms with Crippen molar-refractivity contribution in [3.63, 3.8) is 0 Å². The number of alkyl halides is 3. The van der Waals surface area contributed by atoms with Crippen LogP contribution in [0.1, 0.15) is 18.4 Å². The Morgan fingerprint density at radius 3 is 2.30 bits per heavy atom. The van der Waals surface area contributed by atoms with E-state index in [0.29, 0.717) is 0 Å². The van der Waals surface area contributed by atoms with Crippen LogP contribution in [0.3, 0.4) is 0 Å². The molecule has 0 N–H and O–H groups in total. The molecule has 0 spiro atoms. The summed E-state index contributed by atoms with van der Waals surface area (Å²) in [7, 11) is -8.04. The standard InChI is InChI=1S/C23H23F5O7S2/c1-36(29,30)11-8-19-16-12-34-21-18(25)7-6-17(24)20(21)22(16,9-10-33-19)37(31,32)15-4-2-14(3-5-15)35-13-23(26,27)28/h2-7,16,19H,8-13H2,1H3/t16?,19-,22-/m0/s1. The molecule has 14 heteroatoms. The molecular weight excluding hydrogens is 547 g/mol. The molecule has 2 aliphatic heterocycles. The molecule has 2 aromatic carbocycles. The van der Waals surface area contributed by atoms with Gasteiger partial charge in [-0.05, 0) is 49.2 Å². The molecule has 1 unspecified atom stereocenters. The van der Waals surface area contributed by atoms with Crippen molar-refractivity contribution in [2.24, 2.45) is 5.92 Å². The Labute approximate surface area is 210 Å². The SMILES string of the molecule is CS(=O)(=O)CC[C@@H]1OCC[C@@]2(S(=O)(=O)c3ccc(OCC(F)(F)F)cc3)c3c(F)ccc(F)c3OCC12. The molecule has 37 heavy (non-hydrogen) atoms. The summed E-state index contributed by atoms with van der Waals surface area (Å²) in [6, 6.07) is 5.72. The van der Waals surface area contributed by atoms with Gasteiger partial charge in [-0.2, -0.15) is 13.2 Å². The van der Waals surface area contributed by atoms with Crippen molar-refractivity contribution in [1.82, 2.24) is 0 Å². The average molecular weight is 571 g/mol. The van der Waals surface area contributed by atoms with E-state index in [1.54, 1.807) is 0 Å². The first kappa shape index (κ1) is 27.6. The first-order chi connectivity index (χ1) is 17.2. The highest BCUT2D eigenvalue weighted by molar-refractivity contribution is 7.92. The van der Waals surface area contributed by atoms with E-state index >= 15 is 4.39 Å². The van der Waals surface area contributed by atoms with Crippen LogP contribution in [0.5, 0.6) is 11.5 Å². The second-order valence-electron chi connectivity index (χ2n) is 9.00. The molecule has 0 saturated carbocycles. The van der Waals surface area contributed by atoms with Crippen LogP contribution in [0.4, 0.5) is 22.0 Å². The monoisotopic (exact) mass is 570 g/mol.